The van der Waals surface area contributed by atoms with Gasteiger partial charge >= 0.3 is 5.97 Å². The molecule has 6 nitrogen and oxygen atoms in total. The Labute approximate surface area is 97.3 Å². The fourth-order valence-electron chi connectivity index (χ4n) is 1.49. The van der Waals surface area contributed by atoms with E-state index in [9.17, 15) is 19.7 Å². The number of para-hydroxylation sites is 1. The van der Waals surface area contributed by atoms with Crippen LogP contribution in [0.1, 0.15) is 22.8 Å². The molecule has 90 valence electrons. The number of hydrogen-bond acceptors (Lipinski definition) is 5. The summed E-state index contributed by atoms with van der Waals surface area (Å²) >= 11 is 0. The molecule has 1 aromatic carbocycles. The average Bonchev–Trinajstić information content (AvgIpc) is 2.26. The highest BCUT2D eigenvalue weighted by atomic mass is 16.6. The monoisotopic (exact) mass is 237 g/mol. The molecule has 1 aromatic rings. The average molecular weight is 237 g/mol. The second-order valence-corrected chi connectivity index (χ2v) is 3.44. The number of carbonyl (C=O) groups excluding carboxylic acids is 2. The van der Waals surface area contributed by atoms with Crippen molar-refractivity contribution in [2.45, 2.75) is 13.3 Å². The third kappa shape index (κ3) is 2.87. The lowest BCUT2D eigenvalue weighted by molar-refractivity contribution is -0.385. The lowest BCUT2D eigenvalue weighted by atomic mass is 10.0. The Morgan fingerprint density at radius 3 is 2.53 bits per heavy atom. The van der Waals surface area contributed by atoms with Gasteiger partial charge in [0.15, 0.2) is 0 Å². The summed E-state index contributed by atoms with van der Waals surface area (Å²) in [6, 6.07) is 4.23. The maximum Gasteiger partial charge on any atom is 0.344 e. The molecule has 0 saturated heterocycles. The molecule has 0 aliphatic carbocycles. The summed E-state index contributed by atoms with van der Waals surface area (Å²) in [6.07, 6.45) is -0.0822. The van der Waals surface area contributed by atoms with Crippen LogP contribution < -0.4 is 0 Å². The van der Waals surface area contributed by atoms with E-state index in [1.54, 1.807) is 0 Å². The molecule has 0 aliphatic heterocycles. The molecule has 1 rings (SSSR count). The van der Waals surface area contributed by atoms with E-state index in [0.29, 0.717) is 0 Å². The van der Waals surface area contributed by atoms with Gasteiger partial charge in [0.1, 0.15) is 11.3 Å². The van der Waals surface area contributed by atoms with Crippen LogP contribution in [0, 0.1) is 10.1 Å². The fourth-order valence-corrected chi connectivity index (χ4v) is 1.49. The van der Waals surface area contributed by atoms with Crippen molar-refractivity contribution < 1.29 is 19.2 Å². The SMILES string of the molecule is COC(=O)c1cccc(CC(C)=O)c1[N+](=O)[O-]. The van der Waals surface area contributed by atoms with Crippen molar-refractivity contribution in [1.29, 1.82) is 0 Å². The van der Waals surface area contributed by atoms with Crippen molar-refractivity contribution in [3.05, 3.63) is 39.4 Å². The summed E-state index contributed by atoms with van der Waals surface area (Å²) in [4.78, 5) is 32.6. The number of methoxy groups -OCH3 is 1. The second kappa shape index (κ2) is 5.20. The van der Waals surface area contributed by atoms with Crippen molar-refractivity contribution in [3.63, 3.8) is 0 Å². The van der Waals surface area contributed by atoms with Crippen LogP contribution in [-0.4, -0.2) is 23.8 Å². The minimum atomic E-state index is -0.790. The lowest BCUT2D eigenvalue weighted by Gasteiger charge is -2.05. The van der Waals surface area contributed by atoms with Crippen molar-refractivity contribution in [2.24, 2.45) is 0 Å². The third-order valence-electron chi connectivity index (χ3n) is 2.15. The maximum absolute atomic E-state index is 11.4. The third-order valence-corrected chi connectivity index (χ3v) is 2.15. The van der Waals surface area contributed by atoms with Crippen molar-refractivity contribution in [2.75, 3.05) is 7.11 Å². The zero-order chi connectivity index (χ0) is 13.0. The smallest absolute Gasteiger partial charge is 0.344 e. The quantitative estimate of drug-likeness (QED) is 0.450. The summed E-state index contributed by atoms with van der Waals surface area (Å²) in [5.74, 6) is -1.00. The van der Waals surface area contributed by atoms with Crippen LogP contribution in [-0.2, 0) is 16.0 Å². The Morgan fingerprint density at radius 1 is 1.41 bits per heavy atom. The highest BCUT2D eigenvalue weighted by molar-refractivity contribution is 5.95. The van der Waals surface area contributed by atoms with E-state index in [1.807, 2.05) is 0 Å². The van der Waals surface area contributed by atoms with Gasteiger partial charge in [0.05, 0.1) is 12.0 Å². The number of esters is 1. The molecule has 0 fully saturated rings. The van der Waals surface area contributed by atoms with Crippen LogP contribution in [0.25, 0.3) is 0 Å². The van der Waals surface area contributed by atoms with E-state index in [1.165, 1.54) is 25.1 Å². The first kappa shape index (κ1) is 12.8. The molecule has 0 N–H and O–H groups in total. The van der Waals surface area contributed by atoms with E-state index in [0.717, 1.165) is 7.11 Å². The topological polar surface area (TPSA) is 86.5 Å². The highest BCUT2D eigenvalue weighted by Crippen LogP contribution is 2.25. The number of ether oxygens (including phenoxy) is 1. The van der Waals surface area contributed by atoms with E-state index in [4.69, 9.17) is 0 Å². The summed E-state index contributed by atoms with van der Waals surface area (Å²) in [7, 11) is 1.14. The number of nitrogens with zero attached hydrogens (tertiary/aromatic N) is 1. The van der Waals surface area contributed by atoms with Gasteiger partial charge < -0.3 is 4.74 Å². The van der Waals surface area contributed by atoms with E-state index < -0.39 is 10.9 Å². The molecular formula is C11H11NO5. The molecule has 0 amide bonds. The molecule has 0 atom stereocenters. The van der Waals surface area contributed by atoms with Crippen molar-refractivity contribution in [1.82, 2.24) is 0 Å². The summed E-state index contributed by atoms with van der Waals surface area (Å²) < 4.78 is 4.46. The predicted molar refractivity (Wildman–Crippen MR) is 58.8 cm³/mol. The first-order valence-electron chi connectivity index (χ1n) is 4.81. The molecule has 6 heteroatoms. The number of carbonyl (C=O) groups is 2. The standard InChI is InChI=1S/C11H11NO5/c1-7(13)6-8-4-3-5-9(11(14)17-2)10(8)12(15)16/h3-5H,6H2,1-2H3. The number of rotatable bonds is 4. The van der Waals surface area contributed by atoms with Crippen LogP contribution in [0.5, 0.6) is 0 Å². The molecule has 0 bridgehead atoms. The first-order valence-corrected chi connectivity index (χ1v) is 4.81. The molecule has 0 aromatic heterocycles. The van der Waals surface area contributed by atoms with Crippen molar-refractivity contribution in [3.8, 4) is 0 Å². The zero-order valence-electron chi connectivity index (χ0n) is 9.43. The van der Waals surface area contributed by atoms with Gasteiger partial charge in [-0.1, -0.05) is 12.1 Å². The molecular weight excluding hydrogens is 226 g/mol. The second-order valence-electron chi connectivity index (χ2n) is 3.44. The normalized spacial score (nSPS) is 9.76. The van der Waals surface area contributed by atoms with E-state index in [2.05, 4.69) is 4.74 Å². The van der Waals surface area contributed by atoms with Crippen LogP contribution in [0.2, 0.25) is 0 Å². The number of benzene rings is 1. The lowest BCUT2D eigenvalue weighted by Crippen LogP contribution is -2.09. The Balaban J connectivity index is 3.36. The predicted octanol–water partition coefficient (Wildman–Crippen LogP) is 1.51. The number of hydrogen-bond donors (Lipinski definition) is 0. The first-order chi connectivity index (χ1) is 7.97. The Kier molecular flexibility index (Phi) is 3.92. The van der Waals surface area contributed by atoms with Crippen LogP contribution >= 0.6 is 0 Å². The summed E-state index contributed by atoms with van der Waals surface area (Å²) in [5.41, 5.74) is -0.295. The van der Waals surface area contributed by atoms with E-state index >= 15 is 0 Å². The Morgan fingerprint density at radius 2 is 2.06 bits per heavy atom. The van der Waals surface area contributed by atoms with Crippen LogP contribution in [0.3, 0.4) is 0 Å². The Bertz CT molecular complexity index is 481. The molecule has 0 radical (unpaired) electrons. The Hall–Kier alpha value is -2.24. The van der Waals surface area contributed by atoms with Crippen LogP contribution in [0.15, 0.2) is 18.2 Å². The summed E-state index contributed by atoms with van der Waals surface area (Å²) in [6.45, 7) is 1.33. The number of nitro benzene ring substituents is 1. The van der Waals surface area contributed by atoms with Gasteiger partial charge in [0.25, 0.3) is 5.69 Å². The molecule has 0 saturated carbocycles. The van der Waals surface area contributed by atoms with Gasteiger partial charge in [-0.05, 0) is 13.0 Å². The number of ketones is 1. The van der Waals surface area contributed by atoms with Gasteiger partial charge in [0, 0.05) is 12.0 Å². The summed E-state index contributed by atoms with van der Waals surface area (Å²) in [5, 5.41) is 10.9. The zero-order valence-corrected chi connectivity index (χ0v) is 9.43. The number of Topliss-reactive ketones (excluding diaryl/α,β-unsaturated/α-hetero) is 1. The molecule has 0 aliphatic rings. The fraction of sp³-hybridized carbons (Fsp3) is 0.273. The van der Waals surface area contributed by atoms with Gasteiger partial charge in [-0.25, -0.2) is 4.79 Å². The molecule has 0 heterocycles. The highest BCUT2D eigenvalue weighted by Gasteiger charge is 2.25. The van der Waals surface area contributed by atoms with Gasteiger partial charge in [-0.2, -0.15) is 0 Å². The van der Waals surface area contributed by atoms with Gasteiger partial charge in [-0.3, -0.25) is 14.9 Å². The van der Waals surface area contributed by atoms with Gasteiger partial charge in [0.2, 0.25) is 0 Å². The molecule has 0 unspecified atom stereocenters. The molecule has 0 spiro atoms. The van der Waals surface area contributed by atoms with Gasteiger partial charge in [-0.15, -0.1) is 0 Å². The van der Waals surface area contributed by atoms with Crippen LogP contribution in [0.4, 0.5) is 5.69 Å². The van der Waals surface area contributed by atoms with Crippen molar-refractivity contribution >= 4 is 17.4 Å². The number of nitro groups is 1. The maximum atomic E-state index is 11.4. The molecule has 17 heavy (non-hydrogen) atoms. The van der Waals surface area contributed by atoms with E-state index in [-0.39, 0.29) is 29.0 Å². The minimum absolute atomic E-state index is 0.0822. The largest absolute Gasteiger partial charge is 0.465 e. The minimum Gasteiger partial charge on any atom is -0.465 e.